The van der Waals surface area contributed by atoms with Gasteiger partial charge < -0.3 is 4.42 Å². The van der Waals surface area contributed by atoms with E-state index in [1.165, 1.54) is 45.7 Å². The van der Waals surface area contributed by atoms with Gasteiger partial charge in [-0.05, 0) is 13.8 Å². The Morgan fingerprint density at radius 1 is 1.26 bits per heavy atom. The van der Waals surface area contributed by atoms with Crippen molar-refractivity contribution in [1.29, 1.82) is 0 Å². The molecule has 0 radical (unpaired) electrons. The maximum absolute atomic E-state index is 5.01. The summed E-state index contributed by atoms with van der Waals surface area (Å²) in [6.07, 6.45) is 3.26. The normalized spacial score (nSPS) is 23.9. The molecule has 3 heterocycles. The van der Waals surface area contributed by atoms with Crippen LogP contribution in [0.2, 0.25) is 0 Å². The van der Waals surface area contributed by atoms with Crippen molar-refractivity contribution in [2.45, 2.75) is 32.5 Å². The number of nitrogens with zero attached hydrogens (tertiary/aromatic N) is 4. The summed E-state index contributed by atoms with van der Waals surface area (Å²) in [4.78, 5) is 11.8. The largest absolute Gasteiger partial charge is 0.451 e. The van der Waals surface area contributed by atoms with Crippen molar-refractivity contribution in [3.05, 3.63) is 18.4 Å². The lowest BCUT2D eigenvalue weighted by atomic mass is 10.1. The Morgan fingerprint density at radius 3 is 2.58 bits per heavy atom. The molecule has 0 amide bonds. The van der Waals surface area contributed by atoms with Gasteiger partial charge in [0.2, 0.25) is 0 Å². The number of hydrogen-bond acceptors (Lipinski definition) is 5. The smallest absolute Gasteiger partial charge is 0.180 e. The van der Waals surface area contributed by atoms with Gasteiger partial charge in [0.15, 0.2) is 6.39 Å². The highest BCUT2D eigenvalue weighted by molar-refractivity contribution is 4.97. The molecule has 0 atom stereocenters. The molecule has 106 valence electrons. The van der Waals surface area contributed by atoms with Crippen LogP contribution in [0.4, 0.5) is 0 Å². The number of piperazine rings is 1. The van der Waals surface area contributed by atoms with Gasteiger partial charge >= 0.3 is 0 Å². The van der Waals surface area contributed by atoms with Gasteiger partial charge in [0.25, 0.3) is 0 Å². The summed E-state index contributed by atoms with van der Waals surface area (Å²) in [5.74, 6) is 0. The fraction of sp³-hybridized carbons (Fsp3) is 0.786. The van der Waals surface area contributed by atoms with Gasteiger partial charge in [-0.25, -0.2) is 4.98 Å². The van der Waals surface area contributed by atoms with Crippen molar-refractivity contribution in [3.8, 4) is 0 Å². The number of hydrogen-bond donors (Lipinski definition) is 0. The highest BCUT2D eigenvalue weighted by atomic mass is 16.3. The lowest BCUT2D eigenvalue weighted by Gasteiger charge is -2.48. The average Bonchev–Trinajstić information content (AvgIpc) is 2.86. The first-order valence-corrected chi connectivity index (χ1v) is 7.30. The maximum Gasteiger partial charge on any atom is 0.180 e. The van der Waals surface area contributed by atoms with Crippen LogP contribution in [0, 0.1) is 0 Å². The van der Waals surface area contributed by atoms with Crippen molar-refractivity contribution in [3.63, 3.8) is 0 Å². The second-order valence-electron chi connectivity index (χ2n) is 5.99. The molecule has 0 N–H and O–H groups in total. The van der Waals surface area contributed by atoms with Crippen LogP contribution in [-0.4, -0.2) is 71.0 Å². The number of likely N-dealkylation sites (tertiary alicyclic amines) is 1. The number of rotatable bonds is 4. The molecule has 1 aromatic rings. The summed E-state index contributed by atoms with van der Waals surface area (Å²) in [5, 5.41) is 0. The minimum Gasteiger partial charge on any atom is -0.451 e. The van der Waals surface area contributed by atoms with Crippen LogP contribution in [0.3, 0.4) is 0 Å². The van der Waals surface area contributed by atoms with Crippen molar-refractivity contribution >= 4 is 0 Å². The van der Waals surface area contributed by atoms with Crippen LogP contribution in [0.15, 0.2) is 17.1 Å². The van der Waals surface area contributed by atoms with E-state index in [0.717, 1.165) is 18.3 Å². The third-order valence-electron chi connectivity index (χ3n) is 4.40. The topological polar surface area (TPSA) is 35.8 Å². The van der Waals surface area contributed by atoms with Crippen molar-refractivity contribution in [2.24, 2.45) is 0 Å². The Bertz CT molecular complexity index is 378. The minimum atomic E-state index is 0.687. The molecule has 5 heteroatoms. The molecule has 0 saturated carbocycles. The molecule has 19 heavy (non-hydrogen) atoms. The third kappa shape index (κ3) is 2.99. The van der Waals surface area contributed by atoms with Gasteiger partial charge in [0.1, 0.15) is 6.26 Å². The summed E-state index contributed by atoms with van der Waals surface area (Å²) in [6, 6.07) is 1.44. The van der Waals surface area contributed by atoms with Gasteiger partial charge in [0.05, 0.1) is 5.69 Å². The predicted octanol–water partition coefficient (Wildman–Crippen LogP) is 0.885. The van der Waals surface area contributed by atoms with E-state index in [1.807, 2.05) is 0 Å². The molecule has 5 nitrogen and oxygen atoms in total. The Kier molecular flexibility index (Phi) is 3.86. The molecular weight excluding hydrogens is 240 g/mol. The van der Waals surface area contributed by atoms with E-state index >= 15 is 0 Å². The van der Waals surface area contributed by atoms with Gasteiger partial charge in [-0.2, -0.15) is 0 Å². The second kappa shape index (κ2) is 5.61. The first-order chi connectivity index (χ1) is 9.22. The molecule has 0 spiro atoms. The quantitative estimate of drug-likeness (QED) is 0.807. The Balaban J connectivity index is 1.40. The maximum atomic E-state index is 5.01. The third-order valence-corrected chi connectivity index (χ3v) is 4.40. The van der Waals surface area contributed by atoms with Crippen LogP contribution >= 0.6 is 0 Å². The Labute approximate surface area is 115 Å². The van der Waals surface area contributed by atoms with Crippen LogP contribution in [0.1, 0.15) is 19.5 Å². The number of aromatic nitrogens is 1. The molecule has 3 rings (SSSR count). The predicted molar refractivity (Wildman–Crippen MR) is 73.9 cm³/mol. The highest BCUT2D eigenvalue weighted by Gasteiger charge is 2.33. The Morgan fingerprint density at radius 2 is 2.00 bits per heavy atom. The lowest BCUT2D eigenvalue weighted by Crippen LogP contribution is -2.63. The molecule has 1 aromatic heterocycles. The first kappa shape index (κ1) is 13.1. The molecule has 0 aliphatic carbocycles. The van der Waals surface area contributed by atoms with Gasteiger partial charge in [-0.1, -0.05) is 0 Å². The zero-order valence-corrected chi connectivity index (χ0v) is 12.0. The second-order valence-corrected chi connectivity index (χ2v) is 5.99. The van der Waals surface area contributed by atoms with E-state index in [9.17, 15) is 0 Å². The Hall–Kier alpha value is -0.910. The zero-order chi connectivity index (χ0) is 13.2. The van der Waals surface area contributed by atoms with Crippen LogP contribution in [0.25, 0.3) is 0 Å². The molecule has 2 fully saturated rings. The molecule has 2 aliphatic heterocycles. The van der Waals surface area contributed by atoms with Crippen LogP contribution < -0.4 is 0 Å². The molecule has 0 unspecified atom stereocenters. The van der Waals surface area contributed by atoms with Gasteiger partial charge in [-0.3, -0.25) is 14.7 Å². The first-order valence-electron chi connectivity index (χ1n) is 7.30. The molecule has 0 bridgehead atoms. The van der Waals surface area contributed by atoms with Gasteiger partial charge in [0, 0.05) is 57.9 Å². The van der Waals surface area contributed by atoms with E-state index in [-0.39, 0.29) is 0 Å². The van der Waals surface area contributed by atoms with Crippen LogP contribution in [0.5, 0.6) is 0 Å². The summed E-state index contributed by atoms with van der Waals surface area (Å²) in [7, 11) is 0. The molecule has 0 aromatic carbocycles. The van der Waals surface area contributed by atoms with Gasteiger partial charge in [-0.15, -0.1) is 0 Å². The van der Waals surface area contributed by atoms with E-state index in [0.29, 0.717) is 6.04 Å². The molecular formula is C14H24N4O. The molecule has 2 aliphatic rings. The summed E-state index contributed by atoms with van der Waals surface area (Å²) in [6.45, 7) is 12.7. The fourth-order valence-corrected chi connectivity index (χ4v) is 3.07. The van der Waals surface area contributed by atoms with E-state index in [2.05, 4.69) is 33.5 Å². The van der Waals surface area contributed by atoms with Crippen molar-refractivity contribution in [1.82, 2.24) is 19.7 Å². The monoisotopic (exact) mass is 264 g/mol. The van der Waals surface area contributed by atoms with Crippen LogP contribution in [-0.2, 0) is 6.54 Å². The minimum absolute atomic E-state index is 0.687. The van der Waals surface area contributed by atoms with E-state index < -0.39 is 0 Å². The zero-order valence-electron chi connectivity index (χ0n) is 12.0. The average molecular weight is 264 g/mol. The van der Waals surface area contributed by atoms with E-state index in [1.54, 1.807) is 6.26 Å². The molecule has 2 saturated heterocycles. The lowest BCUT2D eigenvalue weighted by molar-refractivity contribution is -0.00461. The number of oxazole rings is 1. The fourth-order valence-electron chi connectivity index (χ4n) is 3.07. The summed E-state index contributed by atoms with van der Waals surface area (Å²) >= 11 is 0. The van der Waals surface area contributed by atoms with E-state index in [4.69, 9.17) is 4.42 Å². The van der Waals surface area contributed by atoms with Crippen molar-refractivity contribution < 1.29 is 4.42 Å². The summed E-state index contributed by atoms with van der Waals surface area (Å²) < 4.78 is 5.01. The SMILES string of the molecule is CC(C)N1CCN(C2CN(Cc3cocn3)C2)CC1. The standard InChI is InChI=1S/C14H24N4O/c1-12(2)17-3-5-18(6-4-17)14-8-16(9-14)7-13-10-19-11-15-13/h10-12,14H,3-9H2,1-2H3. The van der Waals surface area contributed by atoms with Crippen molar-refractivity contribution in [2.75, 3.05) is 39.3 Å². The summed E-state index contributed by atoms with van der Waals surface area (Å²) in [5.41, 5.74) is 1.04. The highest BCUT2D eigenvalue weighted by Crippen LogP contribution is 2.19.